The number of carbonyl (C=O) groups is 1. The monoisotopic (exact) mass is 228 g/mol. The first-order valence-corrected chi connectivity index (χ1v) is 5.31. The van der Waals surface area contributed by atoms with Crippen LogP contribution in [0, 0.1) is 5.82 Å². The van der Waals surface area contributed by atoms with Gasteiger partial charge in [0, 0.05) is 0 Å². The normalized spacial score (nSPS) is 9.00. The van der Waals surface area contributed by atoms with Crippen LogP contribution >= 0.6 is 0 Å². The number of aromatic carboxylic acids is 1. The summed E-state index contributed by atoms with van der Waals surface area (Å²) in [6.07, 6.45) is 0.746. The van der Waals surface area contributed by atoms with Crippen LogP contribution in [0.15, 0.2) is 18.2 Å². The zero-order valence-corrected chi connectivity index (χ0v) is 9.79. The third-order valence-electron chi connectivity index (χ3n) is 1.65. The van der Waals surface area contributed by atoms with Gasteiger partial charge in [-0.15, -0.1) is 0 Å². The Bertz CT molecular complexity index is 337. The number of hydrogen-bond acceptors (Lipinski definition) is 2. The molecule has 0 saturated carbocycles. The first-order valence-electron chi connectivity index (χ1n) is 5.31. The number of ether oxygens (including phenoxy) is 1. The van der Waals surface area contributed by atoms with Crippen molar-refractivity contribution in [2.24, 2.45) is 0 Å². The Hall–Kier alpha value is -1.58. The Balaban J connectivity index is 0.00000106. The predicted molar refractivity (Wildman–Crippen MR) is 60.5 cm³/mol. The molecule has 0 fully saturated rings. The zero-order chi connectivity index (χ0) is 12.6. The van der Waals surface area contributed by atoms with Crippen LogP contribution in [0.4, 0.5) is 4.39 Å². The highest BCUT2D eigenvalue weighted by molar-refractivity contribution is 5.91. The molecule has 0 heterocycles. The van der Waals surface area contributed by atoms with Gasteiger partial charge in [0.2, 0.25) is 0 Å². The average Bonchev–Trinajstić information content (AvgIpc) is 2.28. The third kappa shape index (κ3) is 3.88. The fourth-order valence-corrected chi connectivity index (χ4v) is 1.04. The molecule has 0 atom stereocenters. The van der Waals surface area contributed by atoms with Crippen molar-refractivity contribution in [2.75, 3.05) is 6.61 Å². The predicted octanol–water partition coefficient (Wildman–Crippen LogP) is 3.34. The maximum Gasteiger partial charge on any atom is 0.342 e. The second kappa shape index (κ2) is 7.68. The quantitative estimate of drug-likeness (QED) is 0.859. The molecule has 1 N–H and O–H groups in total. The summed E-state index contributed by atoms with van der Waals surface area (Å²) in [6, 6.07) is 3.97. The second-order valence-electron chi connectivity index (χ2n) is 2.77. The Morgan fingerprint density at radius 1 is 1.44 bits per heavy atom. The van der Waals surface area contributed by atoms with Gasteiger partial charge in [-0.1, -0.05) is 26.8 Å². The van der Waals surface area contributed by atoms with Crippen LogP contribution in [0.25, 0.3) is 0 Å². The Morgan fingerprint density at radius 2 is 2.06 bits per heavy atom. The lowest BCUT2D eigenvalue weighted by molar-refractivity contribution is 0.0687. The summed E-state index contributed by atoms with van der Waals surface area (Å²) in [5, 5.41) is 8.73. The van der Waals surface area contributed by atoms with Crippen LogP contribution in [-0.4, -0.2) is 17.7 Å². The van der Waals surface area contributed by atoms with Crippen LogP contribution < -0.4 is 4.74 Å². The van der Waals surface area contributed by atoms with Gasteiger partial charge in [-0.3, -0.25) is 0 Å². The highest BCUT2D eigenvalue weighted by Crippen LogP contribution is 2.21. The first-order chi connectivity index (χ1) is 7.66. The number of benzene rings is 1. The minimum atomic E-state index is -1.31. The molecule has 1 aromatic rings. The number of rotatable bonds is 4. The van der Waals surface area contributed by atoms with E-state index < -0.39 is 17.3 Å². The van der Waals surface area contributed by atoms with Crippen molar-refractivity contribution in [3.8, 4) is 5.75 Å². The number of carboxylic acids is 1. The van der Waals surface area contributed by atoms with E-state index in [1.54, 1.807) is 0 Å². The van der Waals surface area contributed by atoms with Crippen molar-refractivity contribution in [3.05, 3.63) is 29.6 Å². The highest BCUT2D eigenvalue weighted by atomic mass is 19.1. The molecule has 16 heavy (non-hydrogen) atoms. The van der Waals surface area contributed by atoms with Crippen LogP contribution in [0.5, 0.6) is 5.75 Å². The third-order valence-corrected chi connectivity index (χ3v) is 1.65. The summed E-state index contributed by atoms with van der Waals surface area (Å²) in [7, 11) is 0. The molecule has 0 aliphatic heterocycles. The van der Waals surface area contributed by atoms with Crippen molar-refractivity contribution in [2.45, 2.75) is 27.2 Å². The van der Waals surface area contributed by atoms with Gasteiger partial charge in [-0.25, -0.2) is 9.18 Å². The topological polar surface area (TPSA) is 46.5 Å². The Morgan fingerprint density at radius 3 is 2.56 bits per heavy atom. The molecule has 1 rings (SSSR count). The minimum Gasteiger partial charge on any atom is -0.493 e. The molecule has 3 nitrogen and oxygen atoms in total. The summed E-state index contributed by atoms with van der Waals surface area (Å²) in [5.41, 5.74) is -0.402. The fourth-order valence-electron chi connectivity index (χ4n) is 1.04. The van der Waals surface area contributed by atoms with E-state index in [1.165, 1.54) is 12.1 Å². The number of carboxylic acid groups (broad SMARTS) is 1. The molecular weight excluding hydrogens is 211 g/mol. The van der Waals surface area contributed by atoms with E-state index in [4.69, 9.17) is 9.84 Å². The Labute approximate surface area is 94.9 Å². The van der Waals surface area contributed by atoms with Gasteiger partial charge in [0.05, 0.1) is 6.61 Å². The molecule has 0 unspecified atom stereocenters. The van der Waals surface area contributed by atoms with Gasteiger partial charge in [-0.05, 0) is 18.6 Å². The van der Waals surface area contributed by atoms with E-state index in [-0.39, 0.29) is 5.75 Å². The molecular formula is C12H17FO3. The molecule has 0 aliphatic carbocycles. The lowest BCUT2D eigenvalue weighted by Gasteiger charge is -2.07. The molecule has 0 radical (unpaired) electrons. The van der Waals surface area contributed by atoms with Gasteiger partial charge in [0.1, 0.15) is 17.1 Å². The van der Waals surface area contributed by atoms with E-state index in [2.05, 4.69) is 0 Å². The van der Waals surface area contributed by atoms with Gasteiger partial charge in [-0.2, -0.15) is 0 Å². The average molecular weight is 228 g/mol. The summed E-state index contributed by atoms with van der Waals surface area (Å²) in [6.45, 7) is 6.27. The van der Waals surface area contributed by atoms with E-state index in [0.29, 0.717) is 6.61 Å². The van der Waals surface area contributed by atoms with Crippen LogP contribution in [0.1, 0.15) is 37.6 Å². The van der Waals surface area contributed by atoms with Crippen molar-refractivity contribution < 1.29 is 19.0 Å². The molecule has 0 spiro atoms. The summed E-state index contributed by atoms with van der Waals surface area (Å²) < 4.78 is 18.2. The molecule has 0 aliphatic rings. The molecule has 90 valence electrons. The molecule has 1 aromatic carbocycles. The first kappa shape index (κ1) is 14.4. The maximum atomic E-state index is 13.1. The maximum absolute atomic E-state index is 13.1. The van der Waals surface area contributed by atoms with E-state index in [9.17, 15) is 9.18 Å². The largest absolute Gasteiger partial charge is 0.493 e. The van der Waals surface area contributed by atoms with E-state index >= 15 is 0 Å². The van der Waals surface area contributed by atoms with Crippen molar-refractivity contribution in [1.29, 1.82) is 0 Å². The number of hydrogen-bond donors (Lipinski definition) is 1. The minimum absolute atomic E-state index is 0.0827. The highest BCUT2D eigenvalue weighted by Gasteiger charge is 2.16. The zero-order valence-electron chi connectivity index (χ0n) is 9.79. The molecule has 0 amide bonds. The van der Waals surface area contributed by atoms with Crippen LogP contribution in [-0.2, 0) is 0 Å². The van der Waals surface area contributed by atoms with Gasteiger partial charge >= 0.3 is 5.97 Å². The fraction of sp³-hybridized carbons (Fsp3) is 0.417. The second-order valence-corrected chi connectivity index (χ2v) is 2.77. The lowest BCUT2D eigenvalue weighted by atomic mass is 10.2. The van der Waals surface area contributed by atoms with Gasteiger partial charge in [0.25, 0.3) is 0 Å². The standard InChI is InChI=1S/C10H11FO3.C2H6/c1-2-6-14-8-5-3-4-7(11)9(8)10(12)13;1-2/h3-5H,2,6H2,1H3,(H,12,13);1-2H3. The molecule has 4 heteroatoms. The Kier molecular flexibility index (Phi) is 6.92. The summed E-state index contributed by atoms with van der Waals surface area (Å²) in [4.78, 5) is 10.7. The molecule has 0 saturated heterocycles. The van der Waals surface area contributed by atoms with Crippen LogP contribution in [0.3, 0.4) is 0 Å². The molecule has 0 aromatic heterocycles. The van der Waals surface area contributed by atoms with Gasteiger partial charge < -0.3 is 9.84 Å². The lowest BCUT2D eigenvalue weighted by Crippen LogP contribution is -2.06. The number of halogens is 1. The SMILES string of the molecule is CC.CCCOc1cccc(F)c1C(=O)O. The van der Waals surface area contributed by atoms with Crippen LogP contribution in [0.2, 0.25) is 0 Å². The molecule has 0 bridgehead atoms. The summed E-state index contributed by atoms with van der Waals surface area (Å²) in [5.74, 6) is -2.00. The smallest absolute Gasteiger partial charge is 0.342 e. The van der Waals surface area contributed by atoms with Crippen molar-refractivity contribution in [1.82, 2.24) is 0 Å². The van der Waals surface area contributed by atoms with E-state index in [0.717, 1.165) is 12.5 Å². The van der Waals surface area contributed by atoms with E-state index in [1.807, 2.05) is 20.8 Å². The van der Waals surface area contributed by atoms with Gasteiger partial charge in [0.15, 0.2) is 0 Å². The van der Waals surface area contributed by atoms with Crippen molar-refractivity contribution in [3.63, 3.8) is 0 Å². The van der Waals surface area contributed by atoms with Crippen molar-refractivity contribution >= 4 is 5.97 Å². The summed E-state index contributed by atoms with van der Waals surface area (Å²) >= 11 is 0.